The number of carboxylic acids is 1. The number of rotatable bonds is 6. The third-order valence-electron chi connectivity index (χ3n) is 4.65. The van der Waals surface area contributed by atoms with E-state index in [1.807, 2.05) is 36.4 Å². The molecule has 3 aromatic rings. The molecule has 0 bridgehead atoms. The van der Waals surface area contributed by atoms with Crippen LogP contribution in [0.3, 0.4) is 0 Å². The van der Waals surface area contributed by atoms with Crippen LogP contribution in [0.4, 0.5) is 5.13 Å². The maximum absolute atomic E-state index is 10.6. The normalized spacial score (nSPS) is 15.1. The Labute approximate surface area is 171 Å². The summed E-state index contributed by atoms with van der Waals surface area (Å²) in [6.07, 6.45) is 0. The summed E-state index contributed by atoms with van der Waals surface area (Å²) in [6, 6.07) is 13.4. The summed E-state index contributed by atoms with van der Waals surface area (Å²) in [4.78, 5) is 20.1. The Morgan fingerprint density at radius 3 is 2.79 bits per heavy atom. The zero-order valence-electron chi connectivity index (χ0n) is 15.2. The first-order valence-electron chi connectivity index (χ1n) is 9.04. The molecule has 0 amide bonds. The smallest absolute Gasteiger partial charge is 0.341 e. The van der Waals surface area contributed by atoms with Crippen molar-refractivity contribution in [3.63, 3.8) is 0 Å². The monoisotopic (exact) mass is 417 g/mol. The lowest BCUT2D eigenvalue weighted by molar-refractivity contribution is -0.139. The molecule has 1 fully saturated rings. The standard InChI is InChI=1S/C20H20ClN3O3S/c21-15-4-5-17-18(11-15)28-20(22-17)24-8-6-23(7-9-24)12-14-2-1-3-16(10-14)27-13-19(25)26/h1-5,10-11H,6-9,12-13H2,(H,25,26). The van der Waals surface area contributed by atoms with Gasteiger partial charge in [-0.3, -0.25) is 4.90 Å². The van der Waals surface area contributed by atoms with Crippen molar-refractivity contribution in [3.8, 4) is 5.75 Å². The van der Waals surface area contributed by atoms with E-state index in [0.717, 1.165) is 58.7 Å². The Bertz CT molecular complexity index is 986. The Balaban J connectivity index is 1.35. The van der Waals surface area contributed by atoms with Crippen LogP contribution in [0.15, 0.2) is 42.5 Å². The van der Waals surface area contributed by atoms with Crippen molar-refractivity contribution in [2.24, 2.45) is 0 Å². The predicted octanol–water partition coefficient (Wildman–Crippen LogP) is 3.74. The Kier molecular flexibility index (Phi) is 5.66. The third kappa shape index (κ3) is 4.55. The molecular formula is C20H20ClN3O3S. The summed E-state index contributed by atoms with van der Waals surface area (Å²) in [5, 5.41) is 10.5. The molecule has 146 valence electrons. The van der Waals surface area contributed by atoms with Crippen LogP contribution in [0.1, 0.15) is 5.56 Å². The number of halogens is 1. The average Bonchev–Trinajstić information content (AvgIpc) is 3.10. The molecule has 2 heterocycles. The van der Waals surface area contributed by atoms with E-state index in [4.69, 9.17) is 26.4 Å². The van der Waals surface area contributed by atoms with E-state index in [0.29, 0.717) is 5.75 Å². The molecule has 0 aliphatic carbocycles. The summed E-state index contributed by atoms with van der Waals surface area (Å²) in [5.74, 6) is -0.384. The molecule has 1 aliphatic rings. The fourth-order valence-electron chi connectivity index (χ4n) is 3.26. The summed E-state index contributed by atoms with van der Waals surface area (Å²) in [7, 11) is 0. The van der Waals surface area contributed by atoms with Crippen LogP contribution < -0.4 is 9.64 Å². The molecule has 4 rings (SSSR count). The number of aliphatic carboxylic acids is 1. The van der Waals surface area contributed by atoms with Crippen LogP contribution in [0.5, 0.6) is 5.75 Å². The average molecular weight is 418 g/mol. The third-order valence-corrected chi connectivity index (χ3v) is 5.96. The van der Waals surface area contributed by atoms with Crippen LogP contribution >= 0.6 is 22.9 Å². The molecule has 1 aliphatic heterocycles. The van der Waals surface area contributed by atoms with Gasteiger partial charge in [0.1, 0.15) is 5.75 Å². The fraction of sp³-hybridized carbons (Fsp3) is 0.300. The number of ether oxygens (including phenoxy) is 1. The van der Waals surface area contributed by atoms with Gasteiger partial charge in [0.25, 0.3) is 0 Å². The predicted molar refractivity (Wildman–Crippen MR) is 112 cm³/mol. The van der Waals surface area contributed by atoms with Gasteiger partial charge in [-0.25, -0.2) is 9.78 Å². The van der Waals surface area contributed by atoms with Crippen molar-refractivity contribution in [1.29, 1.82) is 0 Å². The number of piperazine rings is 1. The topological polar surface area (TPSA) is 65.9 Å². The highest BCUT2D eigenvalue weighted by atomic mass is 35.5. The van der Waals surface area contributed by atoms with Gasteiger partial charge in [0.05, 0.1) is 10.2 Å². The van der Waals surface area contributed by atoms with Crippen LogP contribution in [-0.2, 0) is 11.3 Å². The number of anilines is 1. The Hall–Kier alpha value is -2.35. The molecule has 0 radical (unpaired) electrons. The number of hydrogen-bond acceptors (Lipinski definition) is 6. The van der Waals surface area contributed by atoms with Gasteiger partial charge in [-0.15, -0.1) is 0 Å². The second-order valence-electron chi connectivity index (χ2n) is 6.70. The Morgan fingerprint density at radius 2 is 2.00 bits per heavy atom. The second-order valence-corrected chi connectivity index (χ2v) is 8.15. The zero-order chi connectivity index (χ0) is 19.5. The van der Waals surface area contributed by atoms with Gasteiger partial charge in [-0.1, -0.05) is 35.1 Å². The maximum Gasteiger partial charge on any atom is 0.341 e. The number of carbonyl (C=O) groups is 1. The number of aromatic nitrogens is 1. The van der Waals surface area contributed by atoms with Crippen molar-refractivity contribution in [2.75, 3.05) is 37.7 Å². The van der Waals surface area contributed by atoms with Gasteiger partial charge < -0.3 is 14.7 Å². The number of fused-ring (bicyclic) bond motifs is 1. The first kappa shape index (κ1) is 19.0. The van der Waals surface area contributed by atoms with Crippen LogP contribution in [-0.4, -0.2) is 53.7 Å². The highest BCUT2D eigenvalue weighted by molar-refractivity contribution is 7.22. The highest BCUT2D eigenvalue weighted by Gasteiger charge is 2.20. The van der Waals surface area contributed by atoms with Gasteiger partial charge in [-0.05, 0) is 35.9 Å². The molecule has 0 atom stereocenters. The molecule has 1 N–H and O–H groups in total. The van der Waals surface area contributed by atoms with E-state index in [1.165, 1.54) is 0 Å². The van der Waals surface area contributed by atoms with Crippen molar-refractivity contribution >= 4 is 44.3 Å². The van der Waals surface area contributed by atoms with Crippen molar-refractivity contribution in [3.05, 3.63) is 53.1 Å². The van der Waals surface area contributed by atoms with Crippen LogP contribution in [0.2, 0.25) is 5.02 Å². The number of hydrogen-bond donors (Lipinski definition) is 1. The van der Waals surface area contributed by atoms with Gasteiger partial charge in [0, 0.05) is 37.7 Å². The molecule has 0 spiro atoms. The minimum Gasteiger partial charge on any atom is -0.482 e. The summed E-state index contributed by atoms with van der Waals surface area (Å²) in [5.41, 5.74) is 2.11. The Morgan fingerprint density at radius 1 is 1.18 bits per heavy atom. The molecule has 6 nitrogen and oxygen atoms in total. The number of benzene rings is 2. The molecule has 1 saturated heterocycles. The van der Waals surface area contributed by atoms with Crippen molar-refractivity contribution < 1.29 is 14.6 Å². The quantitative estimate of drug-likeness (QED) is 0.659. The highest BCUT2D eigenvalue weighted by Crippen LogP contribution is 2.31. The van der Waals surface area contributed by atoms with Gasteiger partial charge in [0.15, 0.2) is 11.7 Å². The molecule has 2 aromatic carbocycles. The summed E-state index contributed by atoms with van der Waals surface area (Å²) >= 11 is 7.76. The first-order valence-corrected chi connectivity index (χ1v) is 10.2. The van der Waals surface area contributed by atoms with E-state index in [-0.39, 0.29) is 6.61 Å². The van der Waals surface area contributed by atoms with Gasteiger partial charge in [-0.2, -0.15) is 0 Å². The summed E-state index contributed by atoms with van der Waals surface area (Å²) in [6.45, 7) is 4.21. The van der Waals surface area contributed by atoms with Gasteiger partial charge in [0.2, 0.25) is 0 Å². The van der Waals surface area contributed by atoms with Gasteiger partial charge >= 0.3 is 5.97 Å². The molecule has 0 unspecified atom stereocenters. The zero-order valence-corrected chi connectivity index (χ0v) is 16.7. The van der Waals surface area contributed by atoms with Crippen molar-refractivity contribution in [2.45, 2.75) is 6.54 Å². The van der Waals surface area contributed by atoms with Crippen LogP contribution in [0.25, 0.3) is 10.2 Å². The van der Waals surface area contributed by atoms with E-state index >= 15 is 0 Å². The molecule has 0 saturated carbocycles. The lowest BCUT2D eigenvalue weighted by Crippen LogP contribution is -2.45. The van der Waals surface area contributed by atoms with Crippen LogP contribution in [0, 0.1) is 0 Å². The van der Waals surface area contributed by atoms with E-state index < -0.39 is 5.97 Å². The SMILES string of the molecule is O=C(O)COc1cccc(CN2CCN(c3nc4ccc(Cl)cc4s3)CC2)c1. The first-order chi connectivity index (χ1) is 13.6. The number of thiazole rings is 1. The number of carboxylic acid groups (broad SMARTS) is 1. The minimum absolute atomic E-state index is 0.324. The minimum atomic E-state index is -0.973. The van der Waals surface area contributed by atoms with Crippen molar-refractivity contribution in [1.82, 2.24) is 9.88 Å². The molecule has 1 aromatic heterocycles. The fourth-order valence-corrected chi connectivity index (χ4v) is 4.55. The van der Waals surface area contributed by atoms with E-state index in [1.54, 1.807) is 17.4 Å². The second kappa shape index (κ2) is 8.34. The largest absolute Gasteiger partial charge is 0.482 e. The lowest BCUT2D eigenvalue weighted by Gasteiger charge is -2.34. The molecule has 28 heavy (non-hydrogen) atoms. The molecule has 8 heteroatoms. The number of nitrogens with zero attached hydrogens (tertiary/aromatic N) is 3. The lowest BCUT2D eigenvalue weighted by atomic mass is 10.2. The maximum atomic E-state index is 10.6. The van der Waals surface area contributed by atoms with E-state index in [9.17, 15) is 4.79 Å². The molecular weight excluding hydrogens is 398 g/mol. The summed E-state index contributed by atoms with van der Waals surface area (Å²) < 4.78 is 6.38. The van der Waals surface area contributed by atoms with E-state index in [2.05, 4.69) is 9.80 Å².